The van der Waals surface area contributed by atoms with Gasteiger partial charge < -0.3 is 0 Å². The van der Waals surface area contributed by atoms with E-state index in [-0.39, 0.29) is 5.56 Å². The minimum absolute atomic E-state index is 0.0473. The molecule has 8 aromatic rings. The molecule has 2 aromatic heterocycles. The molecule has 0 atom stereocenters. The SMILES string of the molecule is O=c1c2ccccc2c2cccc3c4c5c(ccc4n1c23)-c1ccccc1C51c2ccccc2-c2ccccc21. The molecule has 0 fully saturated rings. The molecule has 6 aromatic carbocycles. The van der Waals surface area contributed by atoms with E-state index in [0.29, 0.717) is 0 Å². The standard InChI is InChI=1S/C38H21NO/c40-37-28-14-2-1-10-22(28)27-15-9-16-29-34-33(39(37)36(27)29)21-20-26-25-13-5-8-19-32(25)38(35(26)34)30-17-6-3-11-23(30)24-12-4-7-18-31(24)38/h1-21H. The number of rotatable bonds is 0. The van der Waals surface area contributed by atoms with Gasteiger partial charge in [-0.25, -0.2) is 0 Å². The number of benzene rings is 6. The van der Waals surface area contributed by atoms with Gasteiger partial charge in [-0.2, -0.15) is 0 Å². The van der Waals surface area contributed by atoms with Gasteiger partial charge in [0, 0.05) is 21.5 Å². The zero-order chi connectivity index (χ0) is 26.2. The largest absolute Gasteiger partial charge is 0.275 e. The van der Waals surface area contributed by atoms with Crippen molar-refractivity contribution in [2.24, 2.45) is 0 Å². The predicted octanol–water partition coefficient (Wildman–Crippen LogP) is 8.54. The van der Waals surface area contributed by atoms with Crippen LogP contribution in [-0.2, 0) is 5.41 Å². The Kier molecular flexibility index (Phi) is 3.55. The maximum absolute atomic E-state index is 14.2. The first-order valence-electron chi connectivity index (χ1n) is 13.8. The highest BCUT2D eigenvalue weighted by Crippen LogP contribution is 2.64. The maximum atomic E-state index is 14.2. The van der Waals surface area contributed by atoms with Gasteiger partial charge in [-0.3, -0.25) is 9.20 Å². The molecule has 0 saturated carbocycles. The van der Waals surface area contributed by atoms with Crippen LogP contribution in [-0.4, -0.2) is 4.40 Å². The fraction of sp³-hybridized carbons (Fsp3) is 0.0263. The fourth-order valence-electron chi connectivity index (χ4n) is 8.20. The minimum atomic E-state index is -0.461. The lowest BCUT2D eigenvalue weighted by Crippen LogP contribution is -2.26. The van der Waals surface area contributed by atoms with Crippen molar-refractivity contribution in [3.05, 3.63) is 160 Å². The normalized spacial score (nSPS) is 14.3. The van der Waals surface area contributed by atoms with Gasteiger partial charge in [0.05, 0.1) is 16.4 Å². The zero-order valence-corrected chi connectivity index (χ0v) is 21.5. The Balaban J connectivity index is 1.53. The monoisotopic (exact) mass is 507 g/mol. The van der Waals surface area contributed by atoms with Gasteiger partial charge in [0.1, 0.15) is 0 Å². The van der Waals surface area contributed by atoms with Crippen molar-refractivity contribution in [3.63, 3.8) is 0 Å². The van der Waals surface area contributed by atoms with Gasteiger partial charge in [0.25, 0.3) is 5.56 Å². The fourth-order valence-corrected chi connectivity index (χ4v) is 8.20. The highest BCUT2D eigenvalue weighted by molar-refractivity contribution is 6.23. The molecule has 0 unspecified atom stereocenters. The summed E-state index contributed by atoms with van der Waals surface area (Å²) in [5.41, 5.74) is 11.9. The van der Waals surface area contributed by atoms with Crippen LogP contribution in [0, 0.1) is 0 Å². The van der Waals surface area contributed by atoms with E-state index in [1.165, 1.54) is 49.9 Å². The van der Waals surface area contributed by atoms with Gasteiger partial charge in [0.2, 0.25) is 0 Å². The van der Waals surface area contributed by atoms with Crippen LogP contribution in [0.5, 0.6) is 0 Å². The molecule has 0 aliphatic heterocycles. The van der Waals surface area contributed by atoms with Crippen molar-refractivity contribution >= 4 is 38.0 Å². The molecule has 1 spiro atoms. The summed E-state index contributed by atoms with van der Waals surface area (Å²) in [5.74, 6) is 0. The summed E-state index contributed by atoms with van der Waals surface area (Å²) >= 11 is 0. The summed E-state index contributed by atoms with van der Waals surface area (Å²) in [5, 5.41) is 5.21. The highest BCUT2D eigenvalue weighted by atomic mass is 16.1. The van der Waals surface area contributed by atoms with Crippen molar-refractivity contribution < 1.29 is 0 Å². The van der Waals surface area contributed by atoms with Crippen molar-refractivity contribution in [1.29, 1.82) is 0 Å². The molecule has 2 aliphatic rings. The summed E-state index contributed by atoms with van der Waals surface area (Å²) in [6.07, 6.45) is 0. The number of hydrogen-bond acceptors (Lipinski definition) is 1. The zero-order valence-electron chi connectivity index (χ0n) is 21.5. The van der Waals surface area contributed by atoms with Crippen LogP contribution in [0.4, 0.5) is 0 Å². The third-order valence-electron chi connectivity index (χ3n) is 9.55. The van der Waals surface area contributed by atoms with Crippen molar-refractivity contribution in [1.82, 2.24) is 4.40 Å². The molecule has 0 saturated heterocycles. The lowest BCUT2D eigenvalue weighted by atomic mass is 9.69. The van der Waals surface area contributed by atoms with Crippen molar-refractivity contribution in [3.8, 4) is 22.3 Å². The first kappa shape index (κ1) is 20.7. The average Bonchev–Trinajstić information content (AvgIpc) is 3.62. The van der Waals surface area contributed by atoms with Crippen molar-refractivity contribution in [2.75, 3.05) is 0 Å². The second-order valence-corrected chi connectivity index (χ2v) is 11.2. The van der Waals surface area contributed by atoms with Crippen LogP contribution in [0.15, 0.2) is 132 Å². The summed E-state index contributed by atoms with van der Waals surface area (Å²) in [6, 6.07) is 45.6. The Hall–Kier alpha value is -5.21. The van der Waals surface area contributed by atoms with E-state index >= 15 is 0 Å². The molecule has 2 heterocycles. The maximum Gasteiger partial charge on any atom is 0.263 e. The molecule has 2 nitrogen and oxygen atoms in total. The third-order valence-corrected chi connectivity index (χ3v) is 9.55. The molecule has 0 amide bonds. The van der Waals surface area contributed by atoms with E-state index in [1.807, 2.05) is 22.6 Å². The van der Waals surface area contributed by atoms with E-state index in [1.54, 1.807) is 0 Å². The summed E-state index contributed by atoms with van der Waals surface area (Å²) in [6.45, 7) is 0. The molecule has 10 rings (SSSR count). The van der Waals surface area contributed by atoms with E-state index in [9.17, 15) is 4.79 Å². The van der Waals surface area contributed by atoms with E-state index in [2.05, 4.69) is 109 Å². The predicted molar refractivity (Wildman–Crippen MR) is 164 cm³/mol. The lowest BCUT2D eigenvalue weighted by Gasteiger charge is -2.31. The average molecular weight is 508 g/mol. The number of para-hydroxylation sites is 1. The first-order chi connectivity index (χ1) is 19.8. The molecule has 184 valence electrons. The van der Waals surface area contributed by atoms with Gasteiger partial charge >= 0.3 is 0 Å². The molecular formula is C38H21NO. The third kappa shape index (κ3) is 2.09. The van der Waals surface area contributed by atoms with Crippen molar-refractivity contribution in [2.45, 2.75) is 5.41 Å². The highest BCUT2D eigenvalue weighted by Gasteiger charge is 2.52. The minimum Gasteiger partial charge on any atom is -0.275 e. The van der Waals surface area contributed by atoms with E-state index in [4.69, 9.17) is 0 Å². The molecule has 2 heteroatoms. The quantitative estimate of drug-likeness (QED) is 0.189. The van der Waals surface area contributed by atoms with Gasteiger partial charge in [0.15, 0.2) is 0 Å². The Morgan fingerprint density at radius 1 is 0.450 bits per heavy atom. The smallest absolute Gasteiger partial charge is 0.263 e. The first-order valence-corrected chi connectivity index (χ1v) is 13.8. The Morgan fingerprint density at radius 3 is 1.65 bits per heavy atom. The number of nitrogens with zero attached hydrogens (tertiary/aromatic N) is 1. The second-order valence-electron chi connectivity index (χ2n) is 11.2. The number of pyridine rings is 1. The van der Waals surface area contributed by atoms with Crippen LogP contribution in [0.3, 0.4) is 0 Å². The number of hydrogen-bond donors (Lipinski definition) is 0. The van der Waals surface area contributed by atoms with Crippen LogP contribution < -0.4 is 5.56 Å². The van der Waals surface area contributed by atoms with Crippen LogP contribution in [0.25, 0.3) is 60.2 Å². The molecule has 0 bridgehead atoms. The van der Waals surface area contributed by atoms with Gasteiger partial charge in [-0.05, 0) is 62.0 Å². The Bertz CT molecular complexity index is 2400. The van der Waals surface area contributed by atoms with Gasteiger partial charge in [-0.15, -0.1) is 0 Å². The van der Waals surface area contributed by atoms with E-state index in [0.717, 1.165) is 32.6 Å². The number of fused-ring (bicyclic) bond motifs is 16. The van der Waals surface area contributed by atoms with Crippen LogP contribution in [0.2, 0.25) is 0 Å². The molecule has 0 N–H and O–H groups in total. The Morgan fingerprint density at radius 2 is 0.975 bits per heavy atom. The topological polar surface area (TPSA) is 21.5 Å². The summed E-state index contributed by atoms with van der Waals surface area (Å²) < 4.78 is 1.98. The summed E-state index contributed by atoms with van der Waals surface area (Å²) in [4.78, 5) is 14.2. The Labute approximate surface area is 229 Å². The van der Waals surface area contributed by atoms with E-state index < -0.39 is 5.41 Å². The molecule has 0 radical (unpaired) electrons. The number of aromatic nitrogens is 1. The van der Waals surface area contributed by atoms with Gasteiger partial charge in [-0.1, -0.05) is 115 Å². The second kappa shape index (κ2) is 6.86. The van der Waals surface area contributed by atoms with Crippen LogP contribution >= 0.6 is 0 Å². The molecule has 2 aliphatic carbocycles. The summed E-state index contributed by atoms with van der Waals surface area (Å²) in [7, 11) is 0. The lowest BCUT2D eigenvalue weighted by molar-refractivity contribution is 0.802. The molecule has 40 heavy (non-hydrogen) atoms. The molecular weight excluding hydrogens is 486 g/mol. The van der Waals surface area contributed by atoms with Crippen LogP contribution in [0.1, 0.15) is 22.3 Å².